The summed E-state index contributed by atoms with van der Waals surface area (Å²) < 4.78 is 7.67. The van der Waals surface area contributed by atoms with Crippen LogP contribution in [0.25, 0.3) is 11.3 Å². The molecule has 0 aliphatic carbocycles. The molecule has 0 bridgehead atoms. The second-order valence-electron chi connectivity index (χ2n) is 5.18. The fourth-order valence-electron chi connectivity index (χ4n) is 2.83. The van der Waals surface area contributed by atoms with Gasteiger partial charge < -0.3 is 15.0 Å². The van der Waals surface area contributed by atoms with Gasteiger partial charge in [-0.15, -0.1) is 0 Å². The Hall–Kier alpha value is -1.97. The van der Waals surface area contributed by atoms with Gasteiger partial charge in [0.1, 0.15) is 23.1 Å². The van der Waals surface area contributed by atoms with Crippen molar-refractivity contribution in [3.8, 4) is 17.0 Å². The summed E-state index contributed by atoms with van der Waals surface area (Å²) in [4.78, 5) is 4.76. The summed E-state index contributed by atoms with van der Waals surface area (Å²) in [5.41, 5.74) is 9.55. The molecule has 20 heavy (non-hydrogen) atoms. The van der Waals surface area contributed by atoms with E-state index in [4.69, 9.17) is 15.5 Å². The fraction of sp³-hybridized carbons (Fsp3) is 0.438. The van der Waals surface area contributed by atoms with Gasteiger partial charge in [-0.05, 0) is 37.1 Å². The van der Waals surface area contributed by atoms with Crippen LogP contribution in [0.4, 0.5) is 5.82 Å². The highest BCUT2D eigenvalue weighted by molar-refractivity contribution is 5.72. The average Bonchev–Trinajstić information content (AvgIpc) is 3.03. The molecule has 0 fully saturated rings. The van der Waals surface area contributed by atoms with Crippen molar-refractivity contribution >= 4 is 5.82 Å². The monoisotopic (exact) mass is 271 g/mol. The number of nitrogens with zero attached hydrogens (tertiary/aromatic N) is 2. The van der Waals surface area contributed by atoms with Crippen LogP contribution in [0, 0.1) is 0 Å². The number of nitrogens with two attached hydrogens (primary N) is 1. The van der Waals surface area contributed by atoms with Crippen LogP contribution in [0.2, 0.25) is 0 Å². The van der Waals surface area contributed by atoms with Crippen LogP contribution in [-0.4, -0.2) is 16.2 Å². The summed E-state index contributed by atoms with van der Waals surface area (Å²) in [6, 6.07) is 6.25. The molecular formula is C16H21N3O. The SMILES string of the molecule is CCCc1nc(-c2ccc3c(c2)CCO3)c(N)n1CC. The van der Waals surface area contributed by atoms with Crippen molar-refractivity contribution in [3.63, 3.8) is 0 Å². The highest BCUT2D eigenvalue weighted by atomic mass is 16.5. The molecule has 2 aromatic rings. The summed E-state index contributed by atoms with van der Waals surface area (Å²) in [5.74, 6) is 2.85. The first-order valence-electron chi connectivity index (χ1n) is 7.35. The van der Waals surface area contributed by atoms with Crippen molar-refractivity contribution in [2.45, 2.75) is 39.7 Å². The van der Waals surface area contributed by atoms with Crippen molar-refractivity contribution in [3.05, 3.63) is 29.6 Å². The van der Waals surface area contributed by atoms with Gasteiger partial charge >= 0.3 is 0 Å². The van der Waals surface area contributed by atoms with Gasteiger partial charge in [-0.25, -0.2) is 4.98 Å². The quantitative estimate of drug-likeness (QED) is 0.930. The predicted octanol–water partition coefficient (Wildman–Crippen LogP) is 3.04. The summed E-state index contributed by atoms with van der Waals surface area (Å²) in [7, 11) is 0. The molecule has 1 aliphatic heterocycles. The second kappa shape index (κ2) is 5.19. The van der Waals surface area contributed by atoms with Crippen LogP contribution >= 0.6 is 0 Å². The minimum atomic E-state index is 0.773. The molecule has 0 saturated carbocycles. The lowest BCUT2D eigenvalue weighted by Gasteiger charge is -2.06. The number of hydrogen-bond donors (Lipinski definition) is 1. The van der Waals surface area contributed by atoms with Crippen LogP contribution in [0.15, 0.2) is 18.2 Å². The first-order chi connectivity index (χ1) is 9.74. The van der Waals surface area contributed by atoms with E-state index < -0.39 is 0 Å². The molecule has 1 aromatic carbocycles. The third kappa shape index (κ3) is 2.05. The average molecular weight is 271 g/mol. The second-order valence-corrected chi connectivity index (χ2v) is 5.18. The third-order valence-electron chi connectivity index (χ3n) is 3.84. The minimum absolute atomic E-state index is 0.773. The molecule has 0 unspecified atom stereocenters. The Bertz CT molecular complexity index is 631. The molecule has 0 saturated heterocycles. The van der Waals surface area contributed by atoms with Gasteiger partial charge in [0, 0.05) is 24.9 Å². The van der Waals surface area contributed by atoms with Gasteiger partial charge in [0.15, 0.2) is 0 Å². The minimum Gasteiger partial charge on any atom is -0.493 e. The van der Waals surface area contributed by atoms with E-state index in [1.165, 1.54) is 5.56 Å². The molecule has 2 heterocycles. The molecule has 1 aliphatic rings. The number of ether oxygens (including phenoxy) is 1. The summed E-state index contributed by atoms with van der Waals surface area (Å²) in [6.07, 6.45) is 3.01. The molecule has 1 aromatic heterocycles. The molecule has 4 nitrogen and oxygen atoms in total. The lowest BCUT2D eigenvalue weighted by Crippen LogP contribution is -2.05. The molecule has 0 atom stereocenters. The molecule has 3 rings (SSSR count). The zero-order valence-electron chi connectivity index (χ0n) is 12.1. The van der Waals surface area contributed by atoms with Crippen LogP contribution in [0.1, 0.15) is 31.7 Å². The number of aryl methyl sites for hydroxylation is 1. The van der Waals surface area contributed by atoms with E-state index in [9.17, 15) is 0 Å². The van der Waals surface area contributed by atoms with Crippen molar-refractivity contribution in [2.75, 3.05) is 12.3 Å². The maximum atomic E-state index is 6.29. The first-order valence-corrected chi connectivity index (χ1v) is 7.35. The first kappa shape index (κ1) is 13.0. The molecule has 0 amide bonds. The number of hydrogen-bond acceptors (Lipinski definition) is 3. The van der Waals surface area contributed by atoms with E-state index in [1.807, 2.05) is 6.07 Å². The van der Waals surface area contributed by atoms with E-state index in [0.29, 0.717) is 0 Å². The molecule has 0 radical (unpaired) electrons. The van der Waals surface area contributed by atoms with E-state index in [1.54, 1.807) is 0 Å². The number of fused-ring (bicyclic) bond motifs is 1. The van der Waals surface area contributed by atoms with Crippen LogP contribution < -0.4 is 10.5 Å². The standard InChI is InChI=1S/C16H21N3O/c1-3-5-14-18-15(16(17)19(14)4-2)12-6-7-13-11(10-12)8-9-20-13/h6-7,10H,3-5,8-9,17H2,1-2H3. The number of imidazole rings is 1. The highest BCUT2D eigenvalue weighted by Crippen LogP contribution is 2.33. The Kier molecular flexibility index (Phi) is 3.38. The predicted molar refractivity (Wildman–Crippen MR) is 80.9 cm³/mol. The molecule has 0 spiro atoms. The van der Waals surface area contributed by atoms with Gasteiger partial charge in [-0.3, -0.25) is 0 Å². The fourth-order valence-corrected chi connectivity index (χ4v) is 2.83. The third-order valence-corrected chi connectivity index (χ3v) is 3.84. The Morgan fingerprint density at radius 3 is 2.95 bits per heavy atom. The summed E-state index contributed by atoms with van der Waals surface area (Å²) in [6.45, 7) is 5.91. The Morgan fingerprint density at radius 2 is 2.20 bits per heavy atom. The van der Waals surface area contributed by atoms with Crippen molar-refractivity contribution in [1.29, 1.82) is 0 Å². The zero-order valence-corrected chi connectivity index (χ0v) is 12.1. The van der Waals surface area contributed by atoms with Gasteiger partial charge in [-0.2, -0.15) is 0 Å². The van der Waals surface area contributed by atoms with Crippen molar-refractivity contribution < 1.29 is 4.74 Å². The van der Waals surface area contributed by atoms with Gasteiger partial charge in [0.2, 0.25) is 0 Å². The topological polar surface area (TPSA) is 53.1 Å². The van der Waals surface area contributed by atoms with Gasteiger partial charge in [0.05, 0.1) is 6.61 Å². The number of nitrogen functional groups attached to an aromatic ring is 1. The maximum Gasteiger partial charge on any atom is 0.131 e. The summed E-state index contributed by atoms with van der Waals surface area (Å²) >= 11 is 0. The molecule has 4 heteroatoms. The van der Waals surface area contributed by atoms with Crippen molar-refractivity contribution in [2.24, 2.45) is 0 Å². The van der Waals surface area contributed by atoms with E-state index in [-0.39, 0.29) is 0 Å². The maximum absolute atomic E-state index is 6.29. The van der Waals surface area contributed by atoms with E-state index in [2.05, 4.69) is 30.5 Å². The lowest BCUT2D eigenvalue weighted by molar-refractivity contribution is 0.357. The highest BCUT2D eigenvalue weighted by Gasteiger charge is 2.18. The van der Waals surface area contributed by atoms with E-state index in [0.717, 1.165) is 61.1 Å². The van der Waals surface area contributed by atoms with Gasteiger partial charge in [-0.1, -0.05) is 6.92 Å². The Balaban J connectivity index is 2.05. The number of aromatic nitrogens is 2. The zero-order chi connectivity index (χ0) is 14.1. The largest absolute Gasteiger partial charge is 0.493 e. The number of benzene rings is 1. The van der Waals surface area contributed by atoms with Gasteiger partial charge in [0.25, 0.3) is 0 Å². The van der Waals surface area contributed by atoms with Crippen LogP contribution in [0.5, 0.6) is 5.75 Å². The normalized spacial score (nSPS) is 13.3. The van der Waals surface area contributed by atoms with Crippen LogP contribution in [0.3, 0.4) is 0 Å². The smallest absolute Gasteiger partial charge is 0.131 e. The molecule has 106 valence electrons. The summed E-state index contributed by atoms with van der Waals surface area (Å²) in [5, 5.41) is 0. The number of anilines is 1. The number of rotatable bonds is 4. The molecular weight excluding hydrogens is 250 g/mol. The van der Waals surface area contributed by atoms with E-state index >= 15 is 0 Å². The van der Waals surface area contributed by atoms with Crippen molar-refractivity contribution in [1.82, 2.24) is 9.55 Å². The Labute approximate surface area is 119 Å². The lowest BCUT2D eigenvalue weighted by atomic mass is 10.1. The Morgan fingerprint density at radius 1 is 1.35 bits per heavy atom. The molecule has 2 N–H and O–H groups in total. The van der Waals surface area contributed by atoms with Crippen LogP contribution in [-0.2, 0) is 19.4 Å².